The van der Waals surface area contributed by atoms with Gasteiger partial charge in [0, 0.05) is 18.2 Å². The summed E-state index contributed by atoms with van der Waals surface area (Å²) in [6, 6.07) is 5.47. The Morgan fingerprint density at radius 3 is 2.81 bits per heavy atom. The standard InChI is InChI=1S/C25H26FN3O2/c1-5-18(9-7-8-11-26)16(3)10-12-29-21-13-17(4)19(6-2)14-20(21)27-24-22(29)15-23(30)28-25(24)31/h1,7-9,13-16H,6,10-12H2,2-4H3,(H,28,30,31)/b8-7-,18-9+. The summed E-state index contributed by atoms with van der Waals surface area (Å²) >= 11 is 0. The Morgan fingerprint density at radius 1 is 1.35 bits per heavy atom. The number of aryl methyl sites for hydroxylation is 3. The van der Waals surface area contributed by atoms with Gasteiger partial charge in [-0.3, -0.25) is 14.6 Å². The molecular weight excluding hydrogens is 393 g/mol. The van der Waals surface area contributed by atoms with Crippen LogP contribution in [0.1, 0.15) is 31.4 Å². The average molecular weight is 420 g/mol. The van der Waals surface area contributed by atoms with E-state index in [4.69, 9.17) is 6.42 Å². The van der Waals surface area contributed by atoms with Gasteiger partial charge in [0.15, 0.2) is 5.69 Å². The maximum atomic E-state index is 12.5. The molecule has 0 radical (unpaired) electrons. The van der Waals surface area contributed by atoms with Crippen molar-refractivity contribution >= 4 is 11.0 Å². The number of terminal acetylenes is 1. The Morgan fingerprint density at radius 2 is 2.13 bits per heavy atom. The number of fused-ring (bicyclic) bond motifs is 2. The summed E-state index contributed by atoms with van der Waals surface area (Å²) in [6.07, 6.45) is 11.9. The first-order valence-electron chi connectivity index (χ1n) is 10.4. The van der Waals surface area contributed by atoms with Crippen LogP contribution in [-0.2, 0) is 13.0 Å². The molecule has 1 atom stereocenters. The van der Waals surface area contributed by atoms with Gasteiger partial charge in [-0.1, -0.05) is 38.0 Å². The van der Waals surface area contributed by atoms with Crippen molar-refractivity contribution < 1.29 is 4.39 Å². The molecule has 1 N–H and O–H groups in total. The van der Waals surface area contributed by atoms with Gasteiger partial charge in [-0.2, -0.15) is 0 Å². The van der Waals surface area contributed by atoms with E-state index in [9.17, 15) is 14.0 Å². The number of rotatable bonds is 7. The fourth-order valence-electron chi connectivity index (χ4n) is 3.79. The van der Waals surface area contributed by atoms with Gasteiger partial charge in [0.25, 0.3) is 11.1 Å². The van der Waals surface area contributed by atoms with E-state index in [1.54, 1.807) is 12.2 Å². The quantitative estimate of drug-likeness (QED) is 0.355. The van der Waals surface area contributed by atoms with Gasteiger partial charge < -0.3 is 4.57 Å². The van der Waals surface area contributed by atoms with Gasteiger partial charge in [-0.15, -0.1) is 6.42 Å². The van der Waals surface area contributed by atoms with Crippen LogP contribution in [0.25, 0.3) is 22.4 Å². The third kappa shape index (κ3) is 4.66. The summed E-state index contributed by atoms with van der Waals surface area (Å²) in [7, 11) is 0. The summed E-state index contributed by atoms with van der Waals surface area (Å²) in [6.45, 7) is 6.12. The van der Waals surface area contributed by atoms with Crippen molar-refractivity contribution in [2.24, 2.45) is 5.92 Å². The highest BCUT2D eigenvalue weighted by Gasteiger charge is 2.18. The van der Waals surface area contributed by atoms with Crippen LogP contribution >= 0.6 is 0 Å². The first-order valence-corrected chi connectivity index (χ1v) is 10.4. The minimum atomic E-state index is -0.543. The van der Waals surface area contributed by atoms with E-state index in [1.165, 1.54) is 12.1 Å². The summed E-state index contributed by atoms with van der Waals surface area (Å²) in [5.41, 5.74) is 4.42. The molecule has 1 aromatic carbocycles. The Hall–Kier alpha value is -3.46. The van der Waals surface area contributed by atoms with Crippen LogP contribution in [0.5, 0.6) is 0 Å². The number of hydrogen-bond donors (Lipinski definition) is 1. The van der Waals surface area contributed by atoms with Crippen LogP contribution in [0.15, 0.2) is 51.6 Å². The van der Waals surface area contributed by atoms with Crippen LogP contribution in [0, 0.1) is 25.2 Å². The van der Waals surface area contributed by atoms with E-state index < -0.39 is 17.8 Å². The SMILES string of the molecule is C#C/C(=C\C=C/CF)C(C)CCn1c2cc(=O)[nH]c(=O)c-2nc2cc(CC)c(C)cc21. The number of halogens is 1. The third-order valence-corrected chi connectivity index (χ3v) is 5.57. The van der Waals surface area contributed by atoms with Crippen molar-refractivity contribution in [1.29, 1.82) is 0 Å². The normalized spacial score (nSPS) is 13.2. The predicted octanol–water partition coefficient (Wildman–Crippen LogP) is 4.17. The Bertz CT molecular complexity index is 1290. The molecule has 2 aliphatic heterocycles. The van der Waals surface area contributed by atoms with Crippen LogP contribution in [-0.4, -0.2) is 21.2 Å². The number of benzene rings is 1. The fraction of sp³-hybridized carbons (Fsp3) is 0.320. The predicted molar refractivity (Wildman–Crippen MR) is 123 cm³/mol. The van der Waals surface area contributed by atoms with Gasteiger partial charge >= 0.3 is 0 Å². The molecule has 6 heteroatoms. The number of pyridine rings is 1. The molecule has 0 spiro atoms. The van der Waals surface area contributed by atoms with E-state index in [-0.39, 0.29) is 11.6 Å². The van der Waals surface area contributed by atoms with Crippen LogP contribution in [0.3, 0.4) is 0 Å². The molecule has 0 bridgehead atoms. The summed E-state index contributed by atoms with van der Waals surface area (Å²) in [4.78, 5) is 31.4. The second kappa shape index (κ2) is 9.57. The minimum absolute atomic E-state index is 0.0322. The lowest BCUT2D eigenvalue weighted by Crippen LogP contribution is -2.25. The van der Waals surface area contributed by atoms with Crippen LogP contribution in [0.4, 0.5) is 4.39 Å². The van der Waals surface area contributed by atoms with E-state index in [0.29, 0.717) is 24.2 Å². The number of allylic oxidation sites excluding steroid dienone is 4. The Balaban J connectivity index is 2.12. The molecule has 3 rings (SSSR count). The van der Waals surface area contributed by atoms with E-state index in [0.717, 1.165) is 28.6 Å². The second-order valence-electron chi connectivity index (χ2n) is 7.62. The molecule has 0 saturated heterocycles. The number of nitrogens with one attached hydrogen (secondary N) is 1. The highest BCUT2D eigenvalue weighted by Crippen LogP contribution is 2.27. The molecule has 0 fully saturated rings. The molecule has 1 unspecified atom stereocenters. The lowest BCUT2D eigenvalue weighted by molar-refractivity contribution is 0.552. The lowest BCUT2D eigenvalue weighted by Gasteiger charge is -2.21. The van der Waals surface area contributed by atoms with Crippen LogP contribution in [0.2, 0.25) is 0 Å². The molecule has 160 valence electrons. The van der Waals surface area contributed by atoms with Gasteiger partial charge in [0.1, 0.15) is 6.67 Å². The number of alkyl halides is 1. The molecule has 2 aliphatic rings. The molecule has 0 aliphatic carbocycles. The molecule has 0 aromatic heterocycles. The van der Waals surface area contributed by atoms with Crippen molar-refractivity contribution in [3.05, 3.63) is 73.8 Å². The second-order valence-corrected chi connectivity index (χ2v) is 7.62. The molecular formula is C25H26FN3O2. The summed E-state index contributed by atoms with van der Waals surface area (Å²) in [5.74, 6) is 2.71. The van der Waals surface area contributed by atoms with Gasteiger partial charge in [0.2, 0.25) is 0 Å². The molecule has 2 heterocycles. The zero-order chi connectivity index (χ0) is 22.5. The maximum absolute atomic E-state index is 12.5. The maximum Gasteiger partial charge on any atom is 0.278 e. The molecule has 0 saturated carbocycles. The lowest BCUT2D eigenvalue weighted by atomic mass is 9.97. The zero-order valence-corrected chi connectivity index (χ0v) is 18.0. The number of H-pyrrole nitrogens is 1. The van der Waals surface area contributed by atoms with E-state index in [1.807, 2.05) is 24.5 Å². The Labute approximate surface area is 180 Å². The average Bonchev–Trinajstić information content (AvgIpc) is 2.74. The summed E-state index contributed by atoms with van der Waals surface area (Å²) < 4.78 is 14.3. The molecule has 5 nitrogen and oxygen atoms in total. The fourth-order valence-corrected chi connectivity index (χ4v) is 3.79. The summed E-state index contributed by atoms with van der Waals surface area (Å²) in [5, 5.41) is 0. The number of nitrogens with zero attached hydrogens (tertiary/aromatic N) is 2. The topological polar surface area (TPSA) is 67.8 Å². The first kappa shape index (κ1) is 22.2. The van der Waals surface area contributed by atoms with Crippen molar-refractivity contribution in [2.45, 2.75) is 40.2 Å². The smallest absolute Gasteiger partial charge is 0.278 e. The minimum Gasteiger partial charge on any atom is -0.338 e. The Kier molecular flexibility index (Phi) is 6.86. The van der Waals surface area contributed by atoms with Crippen LogP contribution < -0.4 is 11.1 Å². The van der Waals surface area contributed by atoms with Gasteiger partial charge in [-0.25, -0.2) is 9.37 Å². The molecule has 0 amide bonds. The number of hydrogen-bond acceptors (Lipinski definition) is 3. The first-order chi connectivity index (χ1) is 14.9. The van der Waals surface area contributed by atoms with Crippen molar-refractivity contribution in [3.63, 3.8) is 0 Å². The van der Waals surface area contributed by atoms with E-state index >= 15 is 0 Å². The van der Waals surface area contributed by atoms with Gasteiger partial charge in [0.05, 0.1) is 16.7 Å². The third-order valence-electron chi connectivity index (χ3n) is 5.57. The van der Waals surface area contributed by atoms with Crippen molar-refractivity contribution in [1.82, 2.24) is 14.5 Å². The van der Waals surface area contributed by atoms with Gasteiger partial charge in [-0.05, 0) is 48.9 Å². The monoisotopic (exact) mass is 419 g/mol. The van der Waals surface area contributed by atoms with E-state index in [2.05, 4.69) is 28.9 Å². The largest absolute Gasteiger partial charge is 0.338 e. The number of aromatic amines is 1. The van der Waals surface area contributed by atoms with Crippen molar-refractivity contribution in [2.75, 3.05) is 6.67 Å². The highest BCUT2D eigenvalue weighted by molar-refractivity contribution is 5.81. The number of aromatic nitrogens is 3. The molecule has 1 aromatic rings. The molecule has 31 heavy (non-hydrogen) atoms. The zero-order valence-electron chi connectivity index (χ0n) is 18.0. The van der Waals surface area contributed by atoms with Crippen molar-refractivity contribution in [3.8, 4) is 23.7 Å². The highest BCUT2D eigenvalue weighted by atomic mass is 19.1.